The van der Waals surface area contributed by atoms with Gasteiger partial charge >= 0.3 is 0 Å². The highest BCUT2D eigenvalue weighted by atomic mass is 14.9. The maximum atomic E-state index is 3.85. The lowest BCUT2D eigenvalue weighted by Gasteiger charge is -2.22. The standard InChI is InChI=1S/C7H16BN/c1-6(5-8)9-7(2,3)4/h9H,1,5,8H2,2-4H3. The smallest absolute Gasteiger partial charge is 0.108 e. The SMILES string of the molecule is BCC(=C)NC(C)(C)C. The topological polar surface area (TPSA) is 12.0 Å². The largest absolute Gasteiger partial charge is 0.385 e. The van der Waals surface area contributed by atoms with E-state index < -0.39 is 0 Å². The van der Waals surface area contributed by atoms with Crippen LogP contribution in [0.3, 0.4) is 0 Å². The van der Waals surface area contributed by atoms with Gasteiger partial charge in [0, 0.05) is 5.54 Å². The Kier molecular flexibility index (Phi) is 2.82. The third kappa shape index (κ3) is 5.48. The summed E-state index contributed by atoms with van der Waals surface area (Å²) in [5.74, 6) is 0. The lowest BCUT2D eigenvalue weighted by molar-refractivity contribution is 0.474. The summed E-state index contributed by atoms with van der Waals surface area (Å²) >= 11 is 0. The molecule has 1 nitrogen and oxygen atoms in total. The number of hydrogen-bond donors (Lipinski definition) is 1. The minimum absolute atomic E-state index is 0.174. The molecule has 0 spiro atoms. The Morgan fingerprint density at radius 3 is 2.11 bits per heavy atom. The van der Waals surface area contributed by atoms with Crippen molar-refractivity contribution >= 4 is 7.85 Å². The lowest BCUT2D eigenvalue weighted by Crippen LogP contribution is -2.34. The number of hydrogen-bond acceptors (Lipinski definition) is 1. The van der Waals surface area contributed by atoms with E-state index >= 15 is 0 Å². The maximum Gasteiger partial charge on any atom is 0.108 e. The summed E-state index contributed by atoms with van der Waals surface area (Å²) < 4.78 is 0. The molecule has 0 heterocycles. The summed E-state index contributed by atoms with van der Waals surface area (Å²) in [6, 6.07) is 0. The minimum atomic E-state index is 0.174. The zero-order valence-corrected chi connectivity index (χ0v) is 6.91. The molecule has 0 aromatic heterocycles. The van der Waals surface area contributed by atoms with E-state index in [9.17, 15) is 0 Å². The highest BCUT2D eigenvalue weighted by Gasteiger charge is 2.07. The van der Waals surface area contributed by atoms with E-state index in [4.69, 9.17) is 0 Å². The van der Waals surface area contributed by atoms with Gasteiger partial charge in [-0.2, -0.15) is 0 Å². The molecule has 0 rings (SSSR count). The third-order valence-corrected chi connectivity index (χ3v) is 0.979. The van der Waals surface area contributed by atoms with Crippen molar-refractivity contribution in [3.05, 3.63) is 12.3 Å². The molecule has 0 unspecified atom stereocenters. The van der Waals surface area contributed by atoms with E-state index in [0.29, 0.717) is 0 Å². The molecule has 0 aliphatic carbocycles. The fraction of sp³-hybridized carbons (Fsp3) is 0.714. The van der Waals surface area contributed by atoms with Gasteiger partial charge in [-0.05, 0) is 32.8 Å². The Labute approximate surface area is 58.9 Å². The van der Waals surface area contributed by atoms with Crippen LogP contribution in [0, 0.1) is 0 Å². The first-order valence-corrected chi connectivity index (χ1v) is 3.41. The molecule has 0 aromatic carbocycles. The number of rotatable bonds is 2. The Bertz CT molecular complexity index is 102. The first-order valence-electron chi connectivity index (χ1n) is 3.41. The van der Waals surface area contributed by atoms with Gasteiger partial charge in [-0.3, -0.25) is 0 Å². The molecular weight excluding hydrogens is 109 g/mol. The van der Waals surface area contributed by atoms with Crippen molar-refractivity contribution in [2.75, 3.05) is 0 Å². The van der Waals surface area contributed by atoms with E-state index in [1.165, 1.54) is 0 Å². The summed E-state index contributed by atoms with van der Waals surface area (Å²) in [5, 5.41) is 3.27. The predicted octanol–water partition coefficient (Wildman–Crippen LogP) is 0.940. The zero-order chi connectivity index (χ0) is 7.49. The van der Waals surface area contributed by atoms with E-state index in [1.807, 2.05) is 0 Å². The number of nitrogens with one attached hydrogen (secondary N) is 1. The number of allylic oxidation sites excluding steroid dienone is 1. The van der Waals surface area contributed by atoms with Gasteiger partial charge in [-0.25, -0.2) is 0 Å². The first kappa shape index (κ1) is 8.60. The summed E-state index contributed by atoms with van der Waals surface area (Å²) in [6.07, 6.45) is 1.01. The van der Waals surface area contributed by atoms with Crippen LogP contribution in [-0.2, 0) is 0 Å². The quantitative estimate of drug-likeness (QED) is 0.541. The molecule has 1 N–H and O–H groups in total. The highest BCUT2D eigenvalue weighted by Crippen LogP contribution is 2.03. The maximum absolute atomic E-state index is 3.85. The van der Waals surface area contributed by atoms with Crippen LogP contribution in [0.5, 0.6) is 0 Å². The zero-order valence-electron chi connectivity index (χ0n) is 6.91. The summed E-state index contributed by atoms with van der Waals surface area (Å²) in [7, 11) is 2.10. The molecule has 0 fully saturated rings. The molecule has 0 aromatic rings. The second-order valence-corrected chi connectivity index (χ2v) is 3.33. The highest BCUT2D eigenvalue weighted by molar-refractivity contribution is 6.10. The van der Waals surface area contributed by atoms with E-state index in [0.717, 1.165) is 12.0 Å². The normalized spacial score (nSPS) is 11.0. The summed E-state index contributed by atoms with van der Waals surface area (Å²) in [6.45, 7) is 10.2. The van der Waals surface area contributed by atoms with Crippen LogP contribution in [0.25, 0.3) is 0 Å². The van der Waals surface area contributed by atoms with Crippen molar-refractivity contribution in [3.63, 3.8) is 0 Å². The Hall–Kier alpha value is -0.395. The second-order valence-electron chi connectivity index (χ2n) is 3.33. The average molecular weight is 125 g/mol. The molecule has 0 bridgehead atoms. The average Bonchev–Trinajstić information content (AvgIpc) is 1.62. The van der Waals surface area contributed by atoms with Crippen LogP contribution in [0.15, 0.2) is 12.3 Å². The molecule has 0 saturated heterocycles. The van der Waals surface area contributed by atoms with Gasteiger partial charge < -0.3 is 5.32 Å². The van der Waals surface area contributed by atoms with E-state index in [-0.39, 0.29) is 5.54 Å². The second kappa shape index (κ2) is 2.95. The van der Waals surface area contributed by atoms with Crippen LogP contribution < -0.4 is 5.32 Å². The van der Waals surface area contributed by atoms with Gasteiger partial charge in [0.15, 0.2) is 0 Å². The minimum Gasteiger partial charge on any atom is -0.385 e. The Balaban J connectivity index is 3.60. The fourth-order valence-corrected chi connectivity index (χ4v) is 0.619. The predicted molar refractivity (Wildman–Crippen MR) is 45.4 cm³/mol. The Morgan fingerprint density at radius 2 is 2.00 bits per heavy atom. The first-order chi connectivity index (χ1) is 3.95. The molecule has 9 heavy (non-hydrogen) atoms. The molecule has 0 atom stereocenters. The molecule has 0 saturated carbocycles. The molecule has 0 aliphatic rings. The molecule has 0 aliphatic heterocycles. The molecule has 0 radical (unpaired) electrons. The molecule has 0 amide bonds. The molecule has 2 heteroatoms. The van der Waals surface area contributed by atoms with Crippen LogP contribution in [0.4, 0.5) is 0 Å². The van der Waals surface area contributed by atoms with Gasteiger partial charge in [0.1, 0.15) is 7.85 Å². The monoisotopic (exact) mass is 125 g/mol. The van der Waals surface area contributed by atoms with Crippen molar-refractivity contribution < 1.29 is 0 Å². The lowest BCUT2D eigenvalue weighted by atomic mass is 10.0. The summed E-state index contributed by atoms with van der Waals surface area (Å²) in [4.78, 5) is 0. The van der Waals surface area contributed by atoms with Gasteiger partial charge in [-0.15, -0.1) is 0 Å². The van der Waals surface area contributed by atoms with Crippen molar-refractivity contribution in [2.45, 2.75) is 32.6 Å². The van der Waals surface area contributed by atoms with Crippen molar-refractivity contribution in [2.24, 2.45) is 0 Å². The Morgan fingerprint density at radius 1 is 1.56 bits per heavy atom. The molecular formula is C7H16BN. The van der Waals surface area contributed by atoms with Crippen molar-refractivity contribution in [1.82, 2.24) is 5.32 Å². The van der Waals surface area contributed by atoms with E-state index in [1.54, 1.807) is 0 Å². The van der Waals surface area contributed by atoms with E-state index in [2.05, 4.69) is 40.5 Å². The van der Waals surface area contributed by atoms with Gasteiger partial charge in [0.25, 0.3) is 0 Å². The van der Waals surface area contributed by atoms with Gasteiger partial charge in [0.2, 0.25) is 0 Å². The van der Waals surface area contributed by atoms with Gasteiger partial charge in [0.05, 0.1) is 0 Å². The fourth-order valence-electron chi connectivity index (χ4n) is 0.619. The van der Waals surface area contributed by atoms with Crippen LogP contribution >= 0.6 is 0 Å². The van der Waals surface area contributed by atoms with Crippen LogP contribution in [-0.4, -0.2) is 13.4 Å². The van der Waals surface area contributed by atoms with Crippen molar-refractivity contribution in [3.8, 4) is 0 Å². The third-order valence-electron chi connectivity index (χ3n) is 0.979. The molecule has 52 valence electrons. The van der Waals surface area contributed by atoms with Gasteiger partial charge in [-0.1, -0.05) is 6.58 Å². The summed E-state index contributed by atoms with van der Waals surface area (Å²) in [5.41, 5.74) is 1.29. The van der Waals surface area contributed by atoms with Crippen molar-refractivity contribution in [1.29, 1.82) is 0 Å². The van der Waals surface area contributed by atoms with Crippen LogP contribution in [0.1, 0.15) is 20.8 Å². The van der Waals surface area contributed by atoms with Crippen LogP contribution in [0.2, 0.25) is 6.32 Å².